The number of hydrogen-bond donors (Lipinski definition) is 0. The molecule has 0 aliphatic heterocycles. The van der Waals surface area contributed by atoms with Crippen LogP contribution in [0.1, 0.15) is 0 Å². The predicted molar refractivity (Wildman–Crippen MR) is 68.8 cm³/mol. The van der Waals surface area contributed by atoms with E-state index in [1.165, 1.54) is 0 Å². The van der Waals surface area contributed by atoms with E-state index in [1.54, 1.807) is 60.7 Å². The molecule has 0 radical (unpaired) electrons. The van der Waals surface area contributed by atoms with Crippen molar-refractivity contribution in [1.82, 2.24) is 0 Å². The first-order valence-corrected chi connectivity index (χ1v) is 8.31. The van der Waals surface area contributed by atoms with Gasteiger partial charge in [0, 0.05) is 0 Å². The number of hydrogen-bond acceptors (Lipinski definition) is 3. The van der Waals surface area contributed by atoms with Crippen molar-refractivity contribution in [3.05, 3.63) is 60.7 Å². The molecule has 18 heavy (non-hydrogen) atoms. The second-order valence-electron chi connectivity index (χ2n) is 3.39. The van der Waals surface area contributed by atoms with E-state index < -0.39 is 16.9 Å². The maximum atomic E-state index is 11.4. The zero-order chi connectivity index (χ0) is 12.3. The van der Waals surface area contributed by atoms with Gasteiger partial charge in [-0.1, -0.05) is 60.7 Å². The average molecular weight is 304 g/mol. The Bertz CT molecular complexity index is 548. The molecule has 0 atom stereocenters. The molecule has 0 heterocycles. The Balaban J connectivity index is 0.00000162. The molecular formula is C12H10KO3PS. The van der Waals surface area contributed by atoms with Crippen molar-refractivity contribution in [2.24, 2.45) is 0 Å². The average Bonchev–Trinajstić information content (AvgIpc) is 2.30. The first kappa shape index (κ1) is 16.5. The van der Waals surface area contributed by atoms with E-state index in [-0.39, 0.29) is 51.4 Å². The van der Waals surface area contributed by atoms with Gasteiger partial charge in [-0.2, -0.15) is 0 Å². The molecule has 0 amide bonds. The fourth-order valence-corrected chi connectivity index (χ4v) is 5.51. The Morgan fingerprint density at radius 3 is 1.39 bits per heavy atom. The molecule has 0 aliphatic carbocycles. The van der Waals surface area contributed by atoms with Gasteiger partial charge in [0.25, 0.3) is 0 Å². The number of benzene rings is 2. The largest absolute Gasteiger partial charge is 1.00 e. The Morgan fingerprint density at radius 1 is 0.778 bits per heavy atom. The van der Waals surface area contributed by atoms with Crippen molar-refractivity contribution in [1.29, 1.82) is 0 Å². The molecule has 0 saturated heterocycles. The summed E-state index contributed by atoms with van der Waals surface area (Å²) in [6.45, 7) is 0. The van der Waals surface area contributed by atoms with Crippen LogP contribution in [0.3, 0.4) is 0 Å². The summed E-state index contributed by atoms with van der Waals surface area (Å²) in [6.07, 6.45) is 0. The molecule has 2 aromatic carbocycles. The number of rotatable bonds is 3. The molecule has 0 saturated carbocycles. The maximum Gasteiger partial charge on any atom is 1.00 e. The second kappa shape index (κ2) is 7.27. The van der Waals surface area contributed by atoms with Crippen molar-refractivity contribution < 1.29 is 64.4 Å². The van der Waals surface area contributed by atoms with E-state index >= 15 is 0 Å². The Kier molecular flexibility index (Phi) is 6.65. The van der Waals surface area contributed by atoms with Crippen molar-refractivity contribution in [3.63, 3.8) is 0 Å². The Morgan fingerprint density at radius 2 is 1.11 bits per heavy atom. The minimum Gasteiger partial charge on any atom is -0.744 e. The third-order valence-corrected chi connectivity index (χ3v) is 6.79. The zero-order valence-corrected chi connectivity index (χ0v) is 14.7. The summed E-state index contributed by atoms with van der Waals surface area (Å²) in [6, 6.07) is 17.2. The van der Waals surface area contributed by atoms with E-state index in [2.05, 4.69) is 0 Å². The van der Waals surface area contributed by atoms with E-state index in [0.29, 0.717) is 10.6 Å². The summed E-state index contributed by atoms with van der Waals surface area (Å²) in [4.78, 5) is 0. The molecule has 0 fully saturated rings. The van der Waals surface area contributed by atoms with Crippen LogP contribution in [-0.4, -0.2) is 13.0 Å². The van der Waals surface area contributed by atoms with Crippen LogP contribution in [0.4, 0.5) is 0 Å². The minimum absolute atomic E-state index is 0. The van der Waals surface area contributed by atoms with Gasteiger partial charge in [0.05, 0.1) is 7.12 Å². The summed E-state index contributed by atoms with van der Waals surface area (Å²) in [5.41, 5.74) is 0. The van der Waals surface area contributed by atoms with Crippen molar-refractivity contribution >= 4 is 27.5 Å². The van der Waals surface area contributed by atoms with Crippen molar-refractivity contribution in [2.75, 3.05) is 0 Å². The van der Waals surface area contributed by atoms with Crippen LogP contribution in [0.15, 0.2) is 60.7 Å². The molecule has 2 aromatic rings. The zero-order valence-electron chi connectivity index (χ0n) is 9.85. The first-order chi connectivity index (χ1) is 8.09. The van der Waals surface area contributed by atoms with Gasteiger partial charge in [-0.15, -0.1) is 0 Å². The third kappa shape index (κ3) is 4.22. The Labute approximate surface area is 150 Å². The van der Waals surface area contributed by atoms with Crippen LogP contribution in [0.2, 0.25) is 0 Å². The fraction of sp³-hybridized carbons (Fsp3) is 0. The molecule has 0 N–H and O–H groups in total. The summed E-state index contributed by atoms with van der Waals surface area (Å²) in [5.74, 6) is 0. The van der Waals surface area contributed by atoms with Crippen LogP contribution < -0.4 is 62.0 Å². The molecule has 3 nitrogen and oxygen atoms in total. The third-order valence-electron chi connectivity index (χ3n) is 2.21. The molecule has 0 spiro atoms. The van der Waals surface area contributed by atoms with E-state index in [1.807, 2.05) is 0 Å². The van der Waals surface area contributed by atoms with Crippen LogP contribution in [0.25, 0.3) is 0 Å². The SMILES string of the molecule is O=S(=O)([O-])P(c1ccccc1)c1ccccc1.[K+]. The first-order valence-electron chi connectivity index (χ1n) is 4.95. The van der Waals surface area contributed by atoms with Crippen LogP contribution >= 0.6 is 7.12 Å². The topological polar surface area (TPSA) is 57.2 Å². The van der Waals surface area contributed by atoms with Crippen LogP contribution in [0, 0.1) is 0 Å². The van der Waals surface area contributed by atoms with Crippen molar-refractivity contribution in [2.45, 2.75) is 0 Å². The van der Waals surface area contributed by atoms with E-state index in [9.17, 15) is 13.0 Å². The standard InChI is InChI=1S/C12H11O3PS.K/c13-17(14,15)16(11-7-3-1-4-8-11)12-9-5-2-6-10-12;/h1-10H,(H,13,14,15);/q;+1/p-1. The van der Waals surface area contributed by atoms with Gasteiger partial charge in [0.1, 0.15) is 9.74 Å². The van der Waals surface area contributed by atoms with E-state index in [4.69, 9.17) is 0 Å². The van der Waals surface area contributed by atoms with E-state index in [0.717, 1.165) is 0 Å². The predicted octanol–water partition coefficient (Wildman–Crippen LogP) is -1.42. The molecular weight excluding hydrogens is 294 g/mol. The normalized spacial score (nSPS) is 11.0. The quantitative estimate of drug-likeness (QED) is 0.397. The van der Waals surface area contributed by atoms with Gasteiger partial charge in [-0.3, -0.25) is 0 Å². The smallest absolute Gasteiger partial charge is 0.744 e. The monoisotopic (exact) mass is 304 g/mol. The maximum absolute atomic E-state index is 11.4. The van der Waals surface area contributed by atoms with Gasteiger partial charge in [0.2, 0.25) is 0 Å². The molecule has 0 unspecified atom stereocenters. The molecule has 0 bridgehead atoms. The molecule has 0 aliphatic rings. The molecule has 2 rings (SSSR count). The summed E-state index contributed by atoms with van der Waals surface area (Å²) in [7, 11) is -6.23. The van der Waals surface area contributed by atoms with Gasteiger partial charge in [-0.05, 0) is 10.6 Å². The summed E-state index contributed by atoms with van der Waals surface area (Å²) >= 11 is 0. The van der Waals surface area contributed by atoms with Gasteiger partial charge < -0.3 is 4.55 Å². The molecule has 6 heteroatoms. The minimum atomic E-state index is -4.36. The van der Waals surface area contributed by atoms with Gasteiger partial charge in [-0.25, -0.2) is 8.42 Å². The Hall–Kier alpha value is 0.416. The van der Waals surface area contributed by atoms with Crippen molar-refractivity contribution in [3.8, 4) is 0 Å². The van der Waals surface area contributed by atoms with Crippen LogP contribution in [0.5, 0.6) is 0 Å². The summed E-state index contributed by atoms with van der Waals surface area (Å²) < 4.78 is 34.2. The fourth-order valence-electron chi connectivity index (χ4n) is 1.53. The van der Waals surface area contributed by atoms with Gasteiger partial charge >= 0.3 is 51.4 Å². The second-order valence-corrected chi connectivity index (χ2v) is 8.31. The molecule has 88 valence electrons. The van der Waals surface area contributed by atoms with Gasteiger partial charge in [0.15, 0.2) is 0 Å². The molecule has 0 aromatic heterocycles. The van der Waals surface area contributed by atoms with Crippen LogP contribution in [-0.2, 0) is 9.74 Å². The summed E-state index contributed by atoms with van der Waals surface area (Å²) in [5, 5.41) is 1.12.